The van der Waals surface area contributed by atoms with Gasteiger partial charge >= 0.3 is 0 Å². The minimum absolute atomic E-state index is 0.242. The van der Waals surface area contributed by atoms with Gasteiger partial charge in [-0.2, -0.15) is 5.10 Å². The number of pyridine rings is 1. The second-order valence-electron chi connectivity index (χ2n) is 7.65. The number of halogens is 1. The average Bonchev–Trinajstić information content (AvgIpc) is 3.35. The molecular formula is C21H22IN7OS. The molecule has 10 heteroatoms. The molecule has 5 heterocycles. The maximum Gasteiger partial charge on any atom is 0.163 e. The van der Waals surface area contributed by atoms with Crippen LogP contribution in [0, 0.1) is 6.92 Å². The normalized spacial score (nSPS) is 16.9. The van der Waals surface area contributed by atoms with E-state index in [-0.39, 0.29) is 6.04 Å². The van der Waals surface area contributed by atoms with E-state index in [0.29, 0.717) is 19.0 Å². The topological polar surface area (TPSA) is 73.9 Å². The third-order valence-corrected chi connectivity index (χ3v) is 7.23. The molecule has 0 amide bonds. The van der Waals surface area contributed by atoms with Gasteiger partial charge in [0.05, 0.1) is 36.3 Å². The lowest BCUT2D eigenvalue weighted by Crippen LogP contribution is -2.44. The molecule has 0 spiro atoms. The first-order chi connectivity index (χ1) is 15.0. The van der Waals surface area contributed by atoms with Crippen LogP contribution in [0.5, 0.6) is 0 Å². The predicted octanol–water partition coefficient (Wildman–Crippen LogP) is 4.27. The summed E-state index contributed by atoms with van der Waals surface area (Å²) in [7, 11) is 3.54. The van der Waals surface area contributed by atoms with E-state index >= 15 is 0 Å². The summed E-state index contributed by atoms with van der Waals surface area (Å²) in [4.78, 5) is 16.8. The van der Waals surface area contributed by atoms with Crippen molar-refractivity contribution < 1.29 is 4.74 Å². The molecular weight excluding hydrogens is 525 g/mol. The molecule has 1 atom stereocenters. The van der Waals surface area contributed by atoms with Crippen molar-refractivity contribution in [1.82, 2.24) is 28.7 Å². The molecule has 31 heavy (non-hydrogen) atoms. The number of aromatic nitrogens is 6. The molecule has 1 fully saturated rings. The maximum atomic E-state index is 5.65. The Labute approximate surface area is 196 Å². The first kappa shape index (κ1) is 20.7. The minimum atomic E-state index is 0.242. The van der Waals surface area contributed by atoms with E-state index in [1.165, 1.54) is 0 Å². The van der Waals surface area contributed by atoms with Crippen molar-refractivity contribution in [2.45, 2.75) is 19.9 Å². The van der Waals surface area contributed by atoms with E-state index in [9.17, 15) is 0 Å². The molecule has 1 saturated heterocycles. The van der Waals surface area contributed by atoms with E-state index < -0.39 is 0 Å². The number of morpholine rings is 1. The fourth-order valence-corrected chi connectivity index (χ4v) is 5.29. The Kier molecular flexibility index (Phi) is 5.61. The zero-order chi connectivity index (χ0) is 21.5. The third kappa shape index (κ3) is 3.80. The van der Waals surface area contributed by atoms with Gasteiger partial charge in [-0.1, -0.05) is 0 Å². The van der Waals surface area contributed by atoms with Crippen LogP contribution >= 0.6 is 30.3 Å². The second-order valence-corrected chi connectivity index (χ2v) is 9.37. The highest BCUT2D eigenvalue weighted by Gasteiger charge is 2.23. The molecule has 1 unspecified atom stereocenters. The molecule has 0 N–H and O–H groups in total. The smallest absolute Gasteiger partial charge is 0.163 e. The first-order valence-corrected chi connectivity index (χ1v) is 13.4. The predicted molar refractivity (Wildman–Crippen MR) is 132 cm³/mol. The van der Waals surface area contributed by atoms with Gasteiger partial charge < -0.3 is 9.64 Å². The number of hydrogen-bond acceptors (Lipinski definition) is 7. The number of aryl methyl sites for hydroxylation is 2. The molecule has 0 bridgehead atoms. The van der Waals surface area contributed by atoms with E-state index in [1.807, 2.05) is 41.1 Å². The van der Waals surface area contributed by atoms with Gasteiger partial charge in [-0.3, -0.25) is 8.65 Å². The highest BCUT2D eigenvalue weighted by Crippen LogP contribution is 2.33. The lowest BCUT2D eigenvalue weighted by molar-refractivity contribution is 0.0985. The molecule has 1 aliphatic heterocycles. The largest absolute Gasteiger partial charge is 0.377 e. The third-order valence-electron chi connectivity index (χ3n) is 5.51. The van der Waals surface area contributed by atoms with Gasteiger partial charge in [-0.05, 0) is 32.0 Å². The van der Waals surface area contributed by atoms with Crippen LogP contribution in [0.4, 0.5) is 5.82 Å². The van der Waals surface area contributed by atoms with Gasteiger partial charge in [0.25, 0.3) is 0 Å². The number of ether oxygens (including phenoxy) is 1. The number of anilines is 1. The average molecular weight is 547 g/mol. The Morgan fingerprint density at radius 3 is 2.84 bits per heavy atom. The zero-order valence-electron chi connectivity index (χ0n) is 17.5. The van der Waals surface area contributed by atoms with Crippen LogP contribution in [0.1, 0.15) is 12.6 Å². The summed E-state index contributed by atoms with van der Waals surface area (Å²) in [5.41, 5.74) is 4.66. The fraction of sp³-hybridized carbons (Fsp3) is 0.333. The molecule has 160 valence electrons. The van der Waals surface area contributed by atoms with Crippen LogP contribution < -0.4 is 4.90 Å². The number of fused-ring (bicyclic) bond motifs is 1. The van der Waals surface area contributed by atoms with Crippen LogP contribution in [0.15, 0.2) is 36.7 Å². The van der Waals surface area contributed by atoms with E-state index in [0.717, 1.165) is 46.0 Å². The van der Waals surface area contributed by atoms with Gasteiger partial charge in [-0.15, -0.1) is 0 Å². The summed E-state index contributed by atoms with van der Waals surface area (Å²) in [6.07, 6.45) is 3.85. The Balaban J connectivity index is 1.72. The molecule has 5 rings (SSSR count). The Morgan fingerprint density at radius 2 is 2.10 bits per heavy atom. The SMILES string of the molecule is Cc1cc(-c2cc(N3CCOCC3C)nc(-c3ccnc4c3ccn4SI)n2)n(C)n1. The summed E-state index contributed by atoms with van der Waals surface area (Å²) in [5, 5.41) is 5.55. The van der Waals surface area contributed by atoms with Gasteiger partial charge in [0.1, 0.15) is 5.82 Å². The van der Waals surface area contributed by atoms with Crippen molar-refractivity contribution >= 4 is 47.2 Å². The molecule has 4 aromatic heterocycles. The van der Waals surface area contributed by atoms with Crippen molar-refractivity contribution in [3.63, 3.8) is 0 Å². The van der Waals surface area contributed by atoms with E-state index in [2.05, 4.69) is 61.3 Å². The van der Waals surface area contributed by atoms with E-state index in [1.54, 1.807) is 9.12 Å². The van der Waals surface area contributed by atoms with Crippen molar-refractivity contribution in [1.29, 1.82) is 0 Å². The lowest BCUT2D eigenvalue weighted by Gasteiger charge is -2.34. The Bertz CT molecular complexity index is 1250. The number of rotatable bonds is 4. The zero-order valence-corrected chi connectivity index (χ0v) is 20.5. The van der Waals surface area contributed by atoms with Crippen LogP contribution in [0.3, 0.4) is 0 Å². The summed E-state index contributed by atoms with van der Waals surface area (Å²) in [5.74, 6) is 1.59. The molecule has 0 saturated carbocycles. The fourth-order valence-electron chi connectivity index (χ4n) is 4.02. The molecule has 4 aromatic rings. The summed E-state index contributed by atoms with van der Waals surface area (Å²) in [6, 6.07) is 8.43. The molecule has 8 nitrogen and oxygen atoms in total. The highest BCUT2D eigenvalue weighted by molar-refractivity contribution is 14.2. The highest BCUT2D eigenvalue weighted by atomic mass is 127. The van der Waals surface area contributed by atoms with Crippen LogP contribution in [0.2, 0.25) is 0 Å². The standard InChI is InChI=1S/C21H22IN7OS/c1-13-10-18(27(3)26-13)17-11-19(28-8-9-30-12-14(28)2)25-20(24-17)15-4-6-23-21-16(15)5-7-29(21)31-22/h4-7,10-11,14H,8-9,12H2,1-3H3. The maximum absolute atomic E-state index is 5.65. The molecule has 1 aliphatic rings. The summed E-state index contributed by atoms with van der Waals surface area (Å²) < 4.78 is 9.56. The van der Waals surface area contributed by atoms with Gasteiger partial charge in [-0.25, -0.2) is 15.0 Å². The Hall–Kier alpha value is -2.18. The van der Waals surface area contributed by atoms with Gasteiger partial charge in [0, 0.05) is 73.3 Å². The quantitative estimate of drug-likeness (QED) is 0.354. The van der Waals surface area contributed by atoms with Crippen molar-refractivity contribution in [2.75, 3.05) is 24.7 Å². The van der Waals surface area contributed by atoms with E-state index in [4.69, 9.17) is 14.7 Å². The lowest BCUT2D eigenvalue weighted by atomic mass is 10.1. The second kappa shape index (κ2) is 8.40. The molecule has 0 radical (unpaired) electrons. The van der Waals surface area contributed by atoms with Crippen molar-refractivity contribution in [2.24, 2.45) is 7.05 Å². The van der Waals surface area contributed by atoms with Gasteiger partial charge in [0.2, 0.25) is 0 Å². The monoisotopic (exact) mass is 547 g/mol. The summed E-state index contributed by atoms with van der Waals surface area (Å²) in [6.45, 7) is 6.34. The van der Waals surface area contributed by atoms with Crippen LogP contribution in [-0.2, 0) is 11.8 Å². The Morgan fingerprint density at radius 1 is 1.23 bits per heavy atom. The van der Waals surface area contributed by atoms with Crippen LogP contribution in [-0.4, -0.2) is 54.5 Å². The van der Waals surface area contributed by atoms with Crippen LogP contribution in [0.25, 0.3) is 33.8 Å². The van der Waals surface area contributed by atoms with Crippen molar-refractivity contribution in [3.05, 3.63) is 42.4 Å². The molecule has 0 aromatic carbocycles. The number of nitrogens with zero attached hydrogens (tertiary/aromatic N) is 7. The number of hydrogen-bond donors (Lipinski definition) is 0. The molecule has 0 aliphatic carbocycles. The van der Waals surface area contributed by atoms with Gasteiger partial charge in [0.15, 0.2) is 11.5 Å². The summed E-state index contributed by atoms with van der Waals surface area (Å²) >= 11 is 2.26. The first-order valence-electron chi connectivity index (χ1n) is 10.0. The van der Waals surface area contributed by atoms with Crippen molar-refractivity contribution in [3.8, 4) is 22.8 Å². The minimum Gasteiger partial charge on any atom is -0.377 e.